The molecule has 1 aromatic rings. The Bertz CT molecular complexity index is 333. The molecule has 0 saturated heterocycles. The van der Waals surface area contributed by atoms with Crippen LogP contribution in [0.15, 0.2) is 6.07 Å². The molecule has 1 rings (SSSR count). The van der Waals surface area contributed by atoms with Crippen LogP contribution in [0.2, 0.25) is 0 Å². The van der Waals surface area contributed by atoms with Gasteiger partial charge in [0.05, 0.1) is 6.61 Å². The molecule has 0 amide bonds. The molecule has 1 heterocycles. The Morgan fingerprint density at radius 1 is 1.39 bits per heavy atom. The summed E-state index contributed by atoms with van der Waals surface area (Å²) in [5, 5.41) is 3.44. The van der Waals surface area contributed by atoms with Gasteiger partial charge in [-0.15, -0.1) is 11.3 Å². The summed E-state index contributed by atoms with van der Waals surface area (Å²) in [5.74, 6) is 0.724. The van der Waals surface area contributed by atoms with Gasteiger partial charge < -0.3 is 10.1 Å². The van der Waals surface area contributed by atoms with Crippen LogP contribution in [0.4, 0.5) is 0 Å². The molecular weight excluding hydrogens is 242 g/mol. The zero-order valence-corrected chi connectivity index (χ0v) is 13.0. The van der Waals surface area contributed by atoms with Gasteiger partial charge in [0.2, 0.25) is 0 Å². The van der Waals surface area contributed by atoms with Crippen molar-refractivity contribution >= 4 is 11.3 Å². The number of ether oxygens (including phenoxy) is 1. The molecule has 0 fully saturated rings. The summed E-state index contributed by atoms with van der Waals surface area (Å²) in [4.78, 5) is 2.82. The topological polar surface area (TPSA) is 21.3 Å². The van der Waals surface area contributed by atoms with Crippen LogP contribution in [0.3, 0.4) is 0 Å². The van der Waals surface area contributed by atoms with E-state index < -0.39 is 0 Å². The molecule has 0 atom stereocenters. The average Bonchev–Trinajstić information content (AvgIpc) is 2.66. The van der Waals surface area contributed by atoms with E-state index in [1.54, 1.807) is 0 Å². The zero-order chi connectivity index (χ0) is 13.4. The van der Waals surface area contributed by atoms with Crippen LogP contribution in [-0.2, 0) is 17.9 Å². The highest BCUT2D eigenvalue weighted by molar-refractivity contribution is 7.12. The lowest BCUT2D eigenvalue weighted by molar-refractivity contribution is 0.110. The van der Waals surface area contributed by atoms with E-state index in [1.165, 1.54) is 21.7 Å². The maximum absolute atomic E-state index is 5.74. The molecule has 0 bridgehead atoms. The van der Waals surface area contributed by atoms with Crippen molar-refractivity contribution in [3.63, 3.8) is 0 Å². The number of thiophene rings is 1. The molecule has 0 spiro atoms. The molecular formula is C15H27NOS. The fraction of sp³-hybridized carbons (Fsp3) is 0.733. The lowest BCUT2D eigenvalue weighted by atomic mass is 10.1. The van der Waals surface area contributed by atoms with Gasteiger partial charge in [0.25, 0.3) is 0 Å². The smallest absolute Gasteiger partial charge is 0.0727 e. The second-order valence-corrected chi connectivity index (χ2v) is 6.55. The summed E-state index contributed by atoms with van der Waals surface area (Å²) in [6, 6.07) is 2.29. The van der Waals surface area contributed by atoms with Crippen LogP contribution in [0.25, 0.3) is 0 Å². The second-order valence-electron chi connectivity index (χ2n) is 5.21. The molecule has 0 aliphatic heterocycles. The first-order chi connectivity index (χ1) is 8.63. The largest absolute Gasteiger partial charge is 0.377 e. The van der Waals surface area contributed by atoms with Crippen LogP contribution in [0, 0.1) is 12.8 Å². The lowest BCUT2D eigenvalue weighted by Crippen LogP contribution is -2.12. The van der Waals surface area contributed by atoms with Crippen molar-refractivity contribution in [1.82, 2.24) is 5.32 Å². The van der Waals surface area contributed by atoms with Gasteiger partial charge in [-0.1, -0.05) is 20.8 Å². The number of hydrogen-bond donors (Lipinski definition) is 1. The Balaban J connectivity index is 2.32. The van der Waals surface area contributed by atoms with Crippen molar-refractivity contribution in [3.05, 3.63) is 21.4 Å². The summed E-state index contributed by atoms with van der Waals surface area (Å²) < 4.78 is 5.74. The SMILES string of the molecule is CCCNCc1cc(COCCC(C)C)c(C)s1. The fourth-order valence-corrected chi connectivity index (χ4v) is 2.73. The van der Waals surface area contributed by atoms with Crippen molar-refractivity contribution in [3.8, 4) is 0 Å². The van der Waals surface area contributed by atoms with Crippen molar-refractivity contribution < 1.29 is 4.74 Å². The lowest BCUT2D eigenvalue weighted by Gasteiger charge is -2.05. The monoisotopic (exact) mass is 269 g/mol. The van der Waals surface area contributed by atoms with Gasteiger partial charge >= 0.3 is 0 Å². The molecule has 0 unspecified atom stereocenters. The Morgan fingerprint density at radius 2 is 2.17 bits per heavy atom. The number of hydrogen-bond acceptors (Lipinski definition) is 3. The highest BCUT2D eigenvalue weighted by Crippen LogP contribution is 2.22. The molecule has 0 aromatic carbocycles. The molecule has 0 aliphatic rings. The van der Waals surface area contributed by atoms with E-state index in [0.29, 0.717) is 0 Å². The van der Waals surface area contributed by atoms with Gasteiger partial charge in [-0.25, -0.2) is 0 Å². The highest BCUT2D eigenvalue weighted by Gasteiger charge is 2.05. The Labute approximate surface area is 116 Å². The maximum atomic E-state index is 5.74. The van der Waals surface area contributed by atoms with Gasteiger partial charge in [0.15, 0.2) is 0 Å². The van der Waals surface area contributed by atoms with Crippen LogP contribution in [-0.4, -0.2) is 13.2 Å². The molecule has 0 saturated carbocycles. The Kier molecular flexibility index (Phi) is 7.56. The molecule has 104 valence electrons. The zero-order valence-electron chi connectivity index (χ0n) is 12.2. The van der Waals surface area contributed by atoms with Gasteiger partial charge in [-0.05, 0) is 43.9 Å². The van der Waals surface area contributed by atoms with Crippen LogP contribution in [0.5, 0.6) is 0 Å². The third-order valence-electron chi connectivity index (χ3n) is 2.89. The summed E-state index contributed by atoms with van der Waals surface area (Å²) in [5.41, 5.74) is 1.36. The van der Waals surface area contributed by atoms with Crippen molar-refractivity contribution in [2.45, 2.75) is 53.7 Å². The Morgan fingerprint density at radius 3 is 2.83 bits per heavy atom. The maximum Gasteiger partial charge on any atom is 0.0727 e. The van der Waals surface area contributed by atoms with Crippen LogP contribution >= 0.6 is 11.3 Å². The van der Waals surface area contributed by atoms with E-state index in [4.69, 9.17) is 4.74 Å². The van der Waals surface area contributed by atoms with Gasteiger partial charge in [-0.3, -0.25) is 0 Å². The highest BCUT2D eigenvalue weighted by atomic mass is 32.1. The normalized spacial score (nSPS) is 11.4. The predicted octanol–water partition coefficient (Wildman–Crippen LogP) is 4.12. The molecule has 1 N–H and O–H groups in total. The average molecular weight is 269 g/mol. The van der Waals surface area contributed by atoms with Gasteiger partial charge in [0.1, 0.15) is 0 Å². The van der Waals surface area contributed by atoms with E-state index in [1.807, 2.05) is 11.3 Å². The van der Waals surface area contributed by atoms with E-state index in [2.05, 4.69) is 39.1 Å². The van der Waals surface area contributed by atoms with Gasteiger partial charge in [0, 0.05) is 22.9 Å². The van der Waals surface area contributed by atoms with Crippen LogP contribution < -0.4 is 5.32 Å². The van der Waals surface area contributed by atoms with Crippen molar-refractivity contribution in [1.29, 1.82) is 0 Å². The van der Waals surface area contributed by atoms with E-state index in [-0.39, 0.29) is 0 Å². The van der Waals surface area contributed by atoms with Crippen molar-refractivity contribution in [2.75, 3.05) is 13.2 Å². The number of aryl methyl sites for hydroxylation is 1. The molecule has 3 heteroatoms. The minimum Gasteiger partial charge on any atom is -0.377 e. The van der Waals surface area contributed by atoms with E-state index in [0.717, 1.165) is 38.6 Å². The fourth-order valence-electron chi connectivity index (χ4n) is 1.71. The summed E-state index contributed by atoms with van der Waals surface area (Å²) in [7, 11) is 0. The number of nitrogens with one attached hydrogen (secondary N) is 1. The minimum absolute atomic E-state index is 0.724. The van der Waals surface area contributed by atoms with Crippen LogP contribution in [0.1, 0.15) is 48.9 Å². The molecule has 18 heavy (non-hydrogen) atoms. The quantitative estimate of drug-likeness (QED) is 0.681. The molecule has 2 nitrogen and oxygen atoms in total. The molecule has 0 aliphatic carbocycles. The second kappa shape index (κ2) is 8.68. The summed E-state index contributed by atoms with van der Waals surface area (Å²) in [6.45, 7) is 12.6. The Hall–Kier alpha value is -0.380. The summed E-state index contributed by atoms with van der Waals surface area (Å²) >= 11 is 1.89. The first kappa shape index (κ1) is 15.7. The molecule has 0 radical (unpaired) electrons. The molecule has 1 aromatic heterocycles. The van der Waals surface area contributed by atoms with E-state index >= 15 is 0 Å². The first-order valence-corrected chi connectivity index (χ1v) is 7.81. The standard InChI is InChI=1S/C15H27NOS/c1-5-7-16-10-15-9-14(13(4)18-15)11-17-8-6-12(2)3/h9,12,16H,5-8,10-11H2,1-4H3. The van der Waals surface area contributed by atoms with Gasteiger partial charge in [-0.2, -0.15) is 0 Å². The van der Waals surface area contributed by atoms with Crippen molar-refractivity contribution in [2.24, 2.45) is 5.92 Å². The third-order valence-corrected chi connectivity index (χ3v) is 3.99. The minimum atomic E-state index is 0.724. The summed E-state index contributed by atoms with van der Waals surface area (Å²) in [6.07, 6.45) is 2.34. The predicted molar refractivity (Wildman–Crippen MR) is 80.2 cm³/mol. The third kappa shape index (κ3) is 5.98. The first-order valence-electron chi connectivity index (χ1n) is 7.00. The number of rotatable bonds is 9. The van der Waals surface area contributed by atoms with E-state index in [9.17, 15) is 0 Å².